The monoisotopic (exact) mass is 334 g/mol. The van der Waals surface area contributed by atoms with Gasteiger partial charge in [-0.3, -0.25) is 9.78 Å². The number of amides is 1. The third kappa shape index (κ3) is 4.00. The predicted octanol–water partition coefficient (Wildman–Crippen LogP) is 3.82. The minimum Gasteiger partial charge on any atom is -0.478 e. The van der Waals surface area contributed by atoms with Crippen molar-refractivity contribution < 1.29 is 19.4 Å². The van der Waals surface area contributed by atoms with Gasteiger partial charge in [-0.25, -0.2) is 4.79 Å². The summed E-state index contributed by atoms with van der Waals surface area (Å²) in [4.78, 5) is 27.6. The zero-order chi connectivity index (χ0) is 17.6. The SMILES string of the molecule is O=C(Nc1ccccc1C(=O)O)c1cccc(Oc2ccncc2)c1. The molecule has 0 atom stereocenters. The maximum Gasteiger partial charge on any atom is 0.337 e. The molecule has 2 aromatic carbocycles. The quantitative estimate of drug-likeness (QED) is 0.740. The van der Waals surface area contributed by atoms with Crippen LogP contribution in [-0.2, 0) is 0 Å². The lowest BCUT2D eigenvalue weighted by molar-refractivity contribution is 0.0698. The van der Waals surface area contributed by atoms with Crippen LogP contribution in [0.1, 0.15) is 20.7 Å². The Balaban J connectivity index is 1.79. The normalized spacial score (nSPS) is 10.1. The van der Waals surface area contributed by atoms with Crippen molar-refractivity contribution in [3.8, 4) is 11.5 Å². The first-order valence-electron chi connectivity index (χ1n) is 7.45. The van der Waals surface area contributed by atoms with Gasteiger partial charge in [-0.05, 0) is 42.5 Å². The minimum atomic E-state index is -1.11. The highest BCUT2D eigenvalue weighted by molar-refractivity contribution is 6.07. The van der Waals surface area contributed by atoms with Crippen LogP contribution in [0.3, 0.4) is 0 Å². The first kappa shape index (κ1) is 16.2. The van der Waals surface area contributed by atoms with Crippen molar-refractivity contribution in [1.29, 1.82) is 0 Å². The molecule has 0 unspecified atom stereocenters. The Morgan fingerprint density at radius 3 is 2.44 bits per heavy atom. The summed E-state index contributed by atoms with van der Waals surface area (Å²) in [5.41, 5.74) is 0.618. The molecule has 124 valence electrons. The molecule has 6 heteroatoms. The van der Waals surface area contributed by atoms with Gasteiger partial charge in [0.2, 0.25) is 0 Å². The van der Waals surface area contributed by atoms with Crippen molar-refractivity contribution >= 4 is 17.6 Å². The van der Waals surface area contributed by atoms with Gasteiger partial charge in [-0.1, -0.05) is 18.2 Å². The Morgan fingerprint density at radius 2 is 1.68 bits per heavy atom. The van der Waals surface area contributed by atoms with Gasteiger partial charge in [0, 0.05) is 18.0 Å². The average molecular weight is 334 g/mol. The smallest absolute Gasteiger partial charge is 0.337 e. The number of benzene rings is 2. The third-order valence-electron chi connectivity index (χ3n) is 3.39. The molecule has 2 N–H and O–H groups in total. The van der Waals surface area contributed by atoms with Crippen LogP contribution in [0.15, 0.2) is 73.1 Å². The molecule has 1 aromatic heterocycles. The van der Waals surface area contributed by atoms with Crippen LogP contribution >= 0.6 is 0 Å². The number of carboxylic acid groups (broad SMARTS) is 1. The van der Waals surface area contributed by atoms with Gasteiger partial charge in [-0.15, -0.1) is 0 Å². The highest BCUT2D eigenvalue weighted by Crippen LogP contribution is 2.22. The van der Waals surface area contributed by atoms with Crippen molar-refractivity contribution in [2.24, 2.45) is 0 Å². The molecule has 0 aliphatic heterocycles. The maximum absolute atomic E-state index is 12.4. The Bertz CT molecular complexity index is 910. The van der Waals surface area contributed by atoms with Crippen molar-refractivity contribution in [3.05, 3.63) is 84.2 Å². The second-order valence-electron chi connectivity index (χ2n) is 5.12. The first-order chi connectivity index (χ1) is 12.1. The van der Waals surface area contributed by atoms with Gasteiger partial charge in [0.25, 0.3) is 5.91 Å². The van der Waals surface area contributed by atoms with E-state index in [1.807, 2.05) is 0 Å². The molecule has 0 radical (unpaired) electrons. The number of ether oxygens (including phenoxy) is 1. The van der Waals surface area contributed by atoms with Gasteiger partial charge >= 0.3 is 5.97 Å². The summed E-state index contributed by atoms with van der Waals surface area (Å²) < 4.78 is 5.67. The van der Waals surface area contributed by atoms with Crippen LogP contribution in [0.25, 0.3) is 0 Å². The van der Waals surface area contributed by atoms with Gasteiger partial charge in [0.05, 0.1) is 11.3 Å². The number of para-hydroxylation sites is 1. The van der Waals surface area contributed by atoms with Crippen LogP contribution in [0.2, 0.25) is 0 Å². The predicted molar refractivity (Wildman–Crippen MR) is 92.1 cm³/mol. The van der Waals surface area contributed by atoms with Gasteiger partial charge in [0.15, 0.2) is 0 Å². The topological polar surface area (TPSA) is 88.5 Å². The number of aromatic nitrogens is 1. The van der Waals surface area contributed by atoms with E-state index in [-0.39, 0.29) is 11.3 Å². The molecule has 6 nitrogen and oxygen atoms in total. The number of carbonyl (C=O) groups is 2. The fraction of sp³-hybridized carbons (Fsp3) is 0. The maximum atomic E-state index is 12.4. The van der Waals surface area contributed by atoms with Crippen LogP contribution in [0, 0.1) is 0 Å². The van der Waals surface area contributed by atoms with E-state index >= 15 is 0 Å². The van der Waals surface area contributed by atoms with Gasteiger partial charge in [-0.2, -0.15) is 0 Å². The molecule has 1 heterocycles. The van der Waals surface area contributed by atoms with Gasteiger partial charge < -0.3 is 15.2 Å². The summed E-state index contributed by atoms with van der Waals surface area (Å²) in [7, 11) is 0. The zero-order valence-electron chi connectivity index (χ0n) is 13.0. The standard InChI is InChI=1S/C19H14N2O4/c22-18(21-17-7-2-1-6-16(17)19(23)24)13-4-3-5-15(12-13)25-14-8-10-20-11-9-14/h1-12H,(H,21,22)(H,23,24). The number of rotatable bonds is 5. The van der Waals surface area contributed by atoms with Crippen LogP contribution in [-0.4, -0.2) is 22.0 Å². The van der Waals surface area contributed by atoms with E-state index in [0.717, 1.165) is 0 Å². The van der Waals surface area contributed by atoms with Crippen molar-refractivity contribution in [2.75, 3.05) is 5.32 Å². The zero-order valence-corrected chi connectivity index (χ0v) is 13.0. The van der Waals surface area contributed by atoms with Crippen molar-refractivity contribution in [2.45, 2.75) is 0 Å². The van der Waals surface area contributed by atoms with Crippen LogP contribution in [0.5, 0.6) is 11.5 Å². The van der Waals surface area contributed by atoms with Crippen LogP contribution < -0.4 is 10.1 Å². The summed E-state index contributed by atoms with van der Waals surface area (Å²) >= 11 is 0. The summed E-state index contributed by atoms with van der Waals surface area (Å²) in [6.45, 7) is 0. The van der Waals surface area contributed by atoms with E-state index in [4.69, 9.17) is 4.74 Å². The summed E-state index contributed by atoms with van der Waals surface area (Å²) in [5.74, 6) is -0.436. The minimum absolute atomic E-state index is 0.0278. The van der Waals surface area contributed by atoms with Crippen molar-refractivity contribution in [1.82, 2.24) is 4.98 Å². The summed E-state index contributed by atoms with van der Waals surface area (Å²) in [6.07, 6.45) is 3.21. The van der Waals surface area contributed by atoms with E-state index < -0.39 is 11.9 Å². The molecule has 0 bridgehead atoms. The van der Waals surface area contributed by atoms with E-state index in [0.29, 0.717) is 17.1 Å². The number of nitrogens with zero attached hydrogens (tertiary/aromatic N) is 1. The lowest BCUT2D eigenvalue weighted by Crippen LogP contribution is -2.14. The van der Waals surface area contributed by atoms with E-state index in [9.17, 15) is 14.7 Å². The lowest BCUT2D eigenvalue weighted by Gasteiger charge is -2.10. The average Bonchev–Trinajstić information content (AvgIpc) is 2.63. The van der Waals surface area contributed by atoms with Crippen LogP contribution in [0.4, 0.5) is 5.69 Å². The Hall–Kier alpha value is -3.67. The summed E-state index contributed by atoms with van der Waals surface area (Å²) in [5, 5.41) is 11.8. The highest BCUT2D eigenvalue weighted by Gasteiger charge is 2.13. The molecule has 0 saturated carbocycles. The number of hydrogen-bond donors (Lipinski definition) is 2. The largest absolute Gasteiger partial charge is 0.478 e. The fourth-order valence-electron chi connectivity index (χ4n) is 2.22. The highest BCUT2D eigenvalue weighted by atomic mass is 16.5. The molecule has 0 spiro atoms. The number of nitrogens with one attached hydrogen (secondary N) is 1. The second-order valence-corrected chi connectivity index (χ2v) is 5.12. The number of anilines is 1. The Labute approximate surface area is 143 Å². The molecule has 3 aromatic rings. The molecule has 0 aliphatic carbocycles. The number of carboxylic acids is 1. The fourth-order valence-corrected chi connectivity index (χ4v) is 2.22. The van der Waals surface area contributed by atoms with Crippen molar-refractivity contribution in [3.63, 3.8) is 0 Å². The third-order valence-corrected chi connectivity index (χ3v) is 3.39. The Morgan fingerprint density at radius 1 is 0.920 bits per heavy atom. The number of pyridine rings is 1. The Kier molecular flexibility index (Phi) is 4.71. The van der Waals surface area contributed by atoms with E-state index in [2.05, 4.69) is 10.3 Å². The van der Waals surface area contributed by atoms with E-state index in [1.165, 1.54) is 6.07 Å². The summed E-state index contributed by atoms with van der Waals surface area (Å²) in [6, 6.07) is 16.3. The molecule has 25 heavy (non-hydrogen) atoms. The molecule has 3 rings (SSSR count). The molecule has 0 aliphatic rings. The molecule has 1 amide bonds. The number of carbonyl (C=O) groups excluding carboxylic acids is 1. The molecule has 0 fully saturated rings. The van der Waals surface area contributed by atoms with Gasteiger partial charge in [0.1, 0.15) is 11.5 Å². The number of aromatic carboxylic acids is 1. The second kappa shape index (κ2) is 7.27. The molecule has 0 saturated heterocycles. The first-order valence-corrected chi connectivity index (χ1v) is 7.45. The lowest BCUT2D eigenvalue weighted by atomic mass is 10.1. The van der Waals surface area contributed by atoms with E-state index in [1.54, 1.807) is 67.0 Å². The molecular formula is C19H14N2O4. The number of hydrogen-bond acceptors (Lipinski definition) is 4. The molecular weight excluding hydrogens is 320 g/mol.